The second kappa shape index (κ2) is 4.95. The van der Waals surface area contributed by atoms with E-state index in [1.165, 1.54) is 17.5 Å². The number of hydrogen-bond acceptors (Lipinski definition) is 1. The maximum Gasteiger partial charge on any atom is 0.0502 e. The lowest BCUT2D eigenvalue weighted by Gasteiger charge is -2.14. The van der Waals surface area contributed by atoms with Crippen molar-refractivity contribution in [3.05, 3.63) is 71.8 Å². The molecule has 0 aromatic heterocycles. The monoisotopic (exact) mass is 238 g/mol. The molecule has 2 aromatic rings. The summed E-state index contributed by atoms with van der Waals surface area (Å²) in [6.07, 6.45) is 1.20. The predicted octanol–water partition coefficient (Wildman–Crippen LogP) is 3.57. The van der Waals surface area contributed by atoms with E-state index in [0.717, 1.165) is 0 Å². The second-order valence-corrected chi connectivity index (χ2v) is 5.12. The molecule has 0 amide bonds. The van der Waals surface area contributed by atoms with Gasteiger partial charge in [0.05, 0.1) is 6.61 Å². The van der Waals surface area contributed by atoms with Gasteiger partial charge in [-0.2, -0.15) is 0 Å². The summed E-state index contributed by atoms with van der Waals surface area (Å²) in [7, 11) is 0. The van der Waals surface area contributed by atoms with Crippen molar-refractivity contribution in [2.45, 2.75) is 18.3 Å². The van der Waals surface area contributed by atoms with Gasteiger partial charge in [0.25, 0.3) is 0 Å². The third-order valence-electron chi connectivity index (χ3n) is 4.01. The Morgan fingerprint density at radius 2 is 1.56 bits per heavy atom. The summed E-state index contributed by atoms with van der Waals surface area (Å²) in [5, 5.41) is 9.65. The maximum atomic E-state index is 9.65. The Hall–Kier alpha value is -1.60. The van der Waals surface area contributed by atoms with Crippen molar-refractivity contribution in [2.75, 3.05) is 6.61 Å². The fraction of sp³-hybridized carbons (Fsp3) is 0.294. The minimum absolute atomic E-state index is 0.248. The van der Waals surface area contributed by atoms with E-state index in [0.29, 0.717) is 11.8 Å². The van der Waals surface area contributed by atoms with E-state index in [4.69, 9.17) is 0 Å². The van der Waals surface area contributed by atoms with Crippen molar-refractivity contribution in [1.82, 2.24) is 0 Å². The summed E-state index contributed by atoms with van der Waals surface area (Å²) in [4.78, 5) is 0. The Kier molecular flexibility index (Phi) is 3.16. The minimum Gasteiger partial charge on any atom is -0.396 e. The summed E-state index contributed by atoms with van der Waals surface area (Å²) >= 11 is 0. The average Bonchev–Trinajstić information content (AvgIpc) is 3.22. The normalized spacial score (nSPS) is 23.6. The van der Waals surface area contributed by atoms with Gasteiger partial charge in [-0.05, 0) is 29.4 Å². The Labute approximate surface area is 108 Å². The molecule has 0 heterocycles. The van der Waals surface area contributed by atoms with Crippen LogP contribution < -0.4 is 0 Å². The lowest BCUT2D eigenvalue weighted by Crippen LogP contribution is -2.07. The molecular weight excluding hydrogens is 220 g/mol. The van der Waals surface area contributed by atoms with Crippen LogP contribution in [0.25, 0.3) is 0 Å². The van der Waals surface area contributed by atoms with Gasteiger partial charge in [0.15, 0.2) is 0 Å². The van der Waals surface area contributed by atoms with Gasteiger partial charge in [-0.15, -0.1) is 0 Å². The van der Waals surface area contributed by atoms with Crippen LogP contribution in [0.2, 0.25) is 0 Å². The molecule has 1 nitrogen and oxygen atoms in total. The quantitative estimate of drug-likeness (QED) is 0.863. The van der Waals surface area contributed by atoms with Crippen LogP contribution in [0.5, 0.6) is 0 Å². The van der Waals surface area contributed by atoms with E-state index in [1.54, 1.807) is 0 Å². The van der Waals surface area contributed by atoms with Gasteiger partial charge >= 0.3 is 0 Å². The molecule has 2 aromatic carbocycles. The molecule has 3 atom stereocenters. The molecule has 0 aliphatic heterocycles. The molecule has 0 spiro atoms. The lowest BCUT2D eigenvalue weighted by atomic mass is 9.92. The fourth-order valence-corrected chi connectivity index (χ4v) is 2.93. The van der Waals surface area contributed by atoms with Crippen LogP contribution in [-0.2, 0) is 0 Å². The molecule has 3 rings (SSSR count). The molecule has 18 heavy (non-hydrogen) atoms. The van der Waals surface area contributed by atoms with Crippen molar-refractivity contribution in [1.29, 1.82) is 0 Å². The zero-order valence-corrected chi connectivity index (χ0v) is 10.4. The van der Waals surface area contributed by atoms with Gasteiger partial charge in [-0.25, -0.2) is 0 Å². The first-order valence-corrected chi connectivity index (χ1v) is 6.61. The van der Waals surface area contributed by atoms with Crippen molar-refractivity contribution in [3.8, 4) is 0 Å². The van der Waals surface area contributed by atoms with Crippen LogP contribution in [-0.4, -0.2) is 11.7 Å². The number of rotatable bonds is 4. The Morgan fingerprint density at radius 1 is 0.944 bits per heavy atom. The lowest BCUT2D eigenvalue weighted by molar-refractivity contribution is 0.251. The van der Waals surface area contributed by atoms with Crippen LogP contribution in [0.4, 0.5) is 0 Å². The molecular formula is C17H18O. The molecule has 1 fully saturated rings. The van der Waals surface area contributed by atoms with Crippen molar-refractivity contribution >= 4 is 0 Å². The first-order valence-electron chi connectivity index (χ1n) is 6.61. The minimum atomic E-state index is 0.248. The summed E-state index contributed by atoms with van der Waals surface area (Å²) in [5.41, 5.74) is 2.68. The van der Waals surface area contributed by atoms with Crippen LogP contribution in [0, 0.1) is 5.92 Å². The molecule has 0 bridgehead atoms. The van der Waals surface area contributed by atoms with Crippen LogP contribution in [0.15, 0.2) is 60.7 Å². The van der Waals surface area contributed by atoms with E-state index in [-0.39, 0.29) is 12.5 Å². The second-order valence-electron chi connectivity index (χ2n) is 5.12. The van der Waals surface area contributed by atoms with E-state index in [9.17, 15) is 5.11 Å². The molecule has 3 unspecified atom stereocenters. The number of aliphatic hydroxyl groups is 1. The van der Waals surface area contributed by atoms with Crippen molar-refractivity contribution in [3.63, 3.8) is 0 Å². The number of benzene rings is 2. The molecule has 1 aliphatic rings. The highest BCUT2D eigenvalue weighted by Gasteiger charge is 2.43. The molecule has 92 valence electrons. The van der Waals surface area contributed by atoms with E-state index in [1.807, 2.05) is 6.07 Å². The predicted molar refractivity (Wildman–Crippen MR) is 73.6 cm³/mol. The molecule has 1 aliphatic carbocycles. The molecule has 1 heteroatoms. The Balaban J connectivity index is 1.77. The van der Waals surface area contributed by atoms with Gasteiger partial charge in [-0.3, -0.25) is 0 Å². The molecule has 0 saturated heterocycles. The van der Waals surface area contributed by atoms with Crippen molar-refractivity contribution < 1.29 is 5.11 Å². The van der Waals surface area contributed by atoms with Crippen molar-refractivity contribution in [2.24, 2.45) is 5.92 Å². The number of aliphatic hydroxyl groups excluding tert-OH is 1. The average molecular weight is 238 g/mol. The zero-order chi connectivity index (χ0) is 12.4. The molecule has 1 saturated carbocycles. The van der Waals surface area contributed by atoms with E-state index in [2.05, 4.69) is 54.6 Å². The van der Waals surface area contributed by atoms with Gasteiger partial charge < -0.3 is 5.11 Å². The molecule has 1 N–H and O–H groups in total. The maximum absolute atomic E-state index is 9.65. The summed E-state index contributed by atoms with van der Waals surface area (Å²) in [6, 6.07) is 21.0. The smallest absolute Gasteiger partial charge is 0.0502 e. The van der Waals surface area contributed by atoms with Gasteiger partial charge in [0.2, 0.25) is 0 Å². The van der Waals surface area contributed by atoms with Crippen LogP contribution in [0.1, 0.15) is 29.4 Å². The third kappa shape index (κ3) is 2.19. The Morgan fingerprint density at radius 3 is 2.17 bits per heavy atom. The zero-order valence-electron chi connectivity index (χ0n) is 10.4. The largest absolute Gasteiger partial charge is 0.396 e. The Bertz CT molecular complexity index is 492. The first kappa shape index (κ1) is 11.5. The highest BCUT2D eigenvalue weighted by atomic mass is 16.3. The summed E-state index contributed by atoms with van der Waals surface area (Å²) < 4.78 is 0. The SMILES string of the molecule is OCC(c1ccccc1)C1CC1c1ccccc1. The third-order valence-corrected chi connectivity index (χ3v) is 4.01. The van der Waals surface area contributed by atoms with E-state index < -0.39 is 0 Å². The van der Waals surface area contributed by atoms with Gasteiger partial charge in [-0.1, -0.05) is 60.7 Å². The first-order chi connectivity index (χ1) is 8.90. The summed E-state index contributed by atoms with van der Waals surface area (Å²) in [6.45, 7) is 0.248. The van der Waals surface area contributed by atoms with Gasteiger partial charge in [0.1, 0.15) is 0 Å². The number of hydrogen-bond donors (Lipinski definition) is 1. The van der Waals surface area contributed by atoms with Crippen LogP contribution in [0.3, 0.4) is 0 Å². The summed E-state index contributed by atoms with van der Waals surface area (Å²) in [5.74, 6) is 1.51. The highest BCUT2D eigenvalue weighted by Crippen LogP contribution is 2.54. The highest BCUT2D eigenvalue weighted by molar-refractivity contribution is 5.30. The standard InChI is InChI=1S/C17H18O/c18-12-17(14-9-5-2-6-10-14)16-11-15(16)13-7-3-1-4-8-13/h1-10,15-18H,11-12H2. The topological polar surface area (TPSA) is 20.2 Å². The van der Waals surface area contributed by atoms with Crippen LogP contribution >= 0.6 is 0 Å². The fourth-order valence-electron chi connectivity index (χ4n) is 2.93. The van der Waals surface area contributed by atoms with E-state index >= 15 is 0 Å². The van der Waals surface area contributed by atoms with Gasteiger partial charge in [0, 0.05) is 5.92 Å². The molecule has 0 radical (unpaired) electrons.